The molecule has 0 amide bonds. The highest BCUT2D eigenvalue weighted by molar-refractivity contribution is 9.11. The predicted molar refractivity (Wildman–Crippen MR) is 85.8 cm³/mol. The van der Waals surface area contributed by atoms with E-state index in [1.54, 1.807) is 7.11 Å². The van der Waals surface area contributed by atoms with Crippen LogP contribution in [0, 0.1) is 0 Å². The summed E-state index contributed by atoms with van der Waals surface area (Å²) in [4.78, 5) is 0. The normalized spacial score (nSPS) is 11.7. The molecule has 1 rings (SSSR count). The topological polar surface area (TPSA) is 44.5 Å². The molecule has 0 aliphatic heterocycles. The van der Waals surface area contributed by atoms with Crippen molar-refractivity contribution in [3.8, 4) is 5.75 Å². The Bertz CT molecular complexity index is 399. The quantitative estimate of drug-likeness (QED) is 0.762. The number of hydrogen-bond acceptors (Lipinski definition) is 3. The van der Waals surface area contributed by atoms with Gasteiger partial charge in [0, 0.05) is 13.5 Å². The Morgan fingerprint density at radius 3 is 2.26 bits per heavy atom. The van der Waals surface area contributed by atoms with E-state index in [0.717, 1.165) is 27.5 Å². The second-order valence-corrected chi connectivity index (χ2v) is 6.70. The summed E-state index contributed by atoms with van der Waals surface area (Å²) in [5.41, 5.74) is 6.58. The van der Waals surface area contributed by atoms with E-state index < -0.39 is 0 Å². The summed E-state index contributed by atoms with van der Waals surface area (Å²) < 4.78 is 13.1. The van der Waals surface area contributed by atoms with Crippen LogP contribution in [-0.2, 0) is 11.2 Å². The number of rotatable bonds is 7. The molecule has 5 heteroatoms. The van der Waals surface area contributed by atoms with Gasteiger partial charge in [-0.15, -0.1) is 0 Å². The fourth-order valence-electron chi connectivity index (χ4n) is 1.56. The number of nitrogens with two attached hydrogens (primary N) is 1. The van der Waals surface area contributed by atoms with Gasteiger partial charge in [-0.2, -0.15) is 0 Å². The molecule has 0 unspecified atom stereocenters. The van der Waals surface area contributed by atoms with Gasteiger partial charge in [0.05, 0.1) is 21.2 Å². The molecule has 0 fully saturated rings. The van der Waals surface area contributed by atoms with Gasteiger partial charge in [0.25, 0.3) is 0 Å². The van der Waals surface area contributed by atoms with Crippen LogP contribution in [0.5, 0.6) is 5.75 Å². The predicted octanol–water partition coefficient (Wildman–Crippen LogP) is 3.91. The van der Waals surface area contributed by atoms with Crippen molar-refractivity contribution in [1.29, 1.82) is 0 Å². The van der Waals surface area contributed by atoms with Gasteiger partial charge < -0.3 is 15.2 Å². The maximum atomic E-state index is 5.83. The summed E-state index contributed by atoms with van der Waals surface area (Å²) in [7, 11) is 1.72. The highest BCUT2D eigenvalue weighted by Crippen LogP contribution is 2.35. The van der Waals surface area contributed by atoms with Crippen molar-refractivity contribution in [2.24, 2.45) is 5.73 Å². The number of halogens is 2. The zero-order valence-corrected chi connectivity index (χ0v) is 14.8. The summed E-state index contributed by atoms with van der Waals surface area (Å²) in [5.74, 6) is 0.827. The summed E-state index contributed by atoms with van der Waals surface area (Å²) >= 11 is 7.08. The van der Waals surface area contributed by atoms with Crippen LogP contribution in [0.4, 0.5) is 0 Å². The number of benzene rings is 1. The van der Waals surface area contributed by atoms with Crippen molar-refractivity contribution in [2.45, 2.75) is 32.3 Å². The Morgan fingerprint density at radius 1 is 1.21 bits per heavy atom. The monoisotopic (exact) mass is 393 g/mol. The average molecular weight is 395 g/mol. The third-order valence-electron chi connectivity index (χ3n) is 2.99. The van der Waals surface area contributed by atoms with Crippen molar-refractivity contribution in [3.05, 3.63) is 26.6 Å². The molecule has 0 spiro atoms. The van der Waals surface area contributed by atoms with Crippen molar-refractivity contribution < 1.29 is 9.47 Å². The lowest BCUT2D eigenvalue weighted by Gasteiger charge is -2.23. The Labute approximate surface area is 132 Å². The van der Waals surface area contributed by atoms with Crippen LogP contribution in [0.15, 0.2) is 21.1 Å². The standard InChI is InChI=1S/C14H21Br2NO2/c1-14(2,18-3)5-7-19-13-11(15)8-10(4-6-17)9-12(13)16/h8-9H,4-7,17H2,1-3H3. The van der Waals surface area contributed by atoms with Crippen LogP contribution >= 0.6 is 31.9 Å². The first-order chi connectivity index (χ1) is 8.89. The van der Waals surface area contributed by atoms with Crippen LogP contribution in [0.25, 0.3) is 0 Å². The highest BCUT2D eigenvalue weighted by atomic mass is 79.9. The zero-order valence-electron chi connectivity index (χ0n) is 11.6. The van der Waals surface area contributed by atoms with E-state index in [9.17, 15) is 0 Å². The van der Waals surface area contributed by atoms with Gasteiger partial charge in [0.1, 0.15) is 5.75 Å². The van der Waals surface area contributed by atoms with E-state index in [2.05, 4.69) is 44.0 Å². The van der Waals surface area contributed by atoms with Gasteiger partial charge in [0.2, 0.25) is 0 Å². The molecule has 3 nitrogen and oxygen atoms in total. The van der Waals surface area contributed by atoms with Crippen molar-refractivity contribution in [2.75, 3.05) is 20.3 Å². The van der Waals surface area contributed by atoms with Gasteiger partial charge in [-0.1, -0.05) is 0 Å². The number of methoxy groups -OCH3 is 1. The van der Waals surface area contributed by atoms with Crippen molar-refractivity contribution >= 4 is 31.9 Å². The Balaban J connectivity index is 2.69. The molecule has 0 bridgehead atoms. The van der Waals surface area contributed by atoms with E-state index in [1.165, 1.54) is 5.56 Å². The Hall–Kier alpha value is -0.100. The van der Waals surface area contributed by atoms with Crippen LogP contribution in [-0.4, -0.2) is 25.9 Å². The van der Waals surface area contributed by atoms with Crippen molar-refractivity contribution in [3.63, 3.8) is 0 Å². The van der Waals surface area contributed by atoms with E-state index in [1.807, 2.05) is 13.8 Å². The lowest BCUT2D eigenvalue weighted by Crippen LogP contribution is -2.25. The number of hydrogen-bond donors (Lipinski definition) is 1. The minimum absolute atomic E-state index is 0.168. The summed E-state index contributed by atoms with van der Waals surface area (Å²) in [6.07, 6.45) is 1.68. The van der Waals surface area contributed by atoms with Gasteiger partial charge in [0.15, 0.2) is 0 Å². The Morgan fingerprint density at radius 2 is 1.79 bits per heavy atom. The first-order valence-electron chi connectivity index (χ1n) is 6.25. The minimum Gasteiger partial charge on any atom is -0.491 e. The van der Waals surface area contributed by atoms with E-state index in [-0.39, 0.29) is 5.60 Å². The Kier molecular flexibility index (Phi) is 6.80. The summed E-state index contributed by atoms with van der Waals surface area (Å²) in [6.45, 7) is 5.34. The third kappa shape index (κ3) is 5.42. The second kappa shape index (κ2) is 7.62. The molecular formula is C14H21Br2NO2. The molecule has 0 atom stereocenters. The zero-order chi connectivity index (χ0) is 14.5. The molecule has 0 aliphatic rings. The molecule has 0 aromatic heterocycles. The first-order valence-corrected chi connectivity index (χ1v) is 7.84. The highest BCUT2D eigenvalue weighted by Gasteiger charge is 2.17. The molecule has 0 saturated heterocycles. The van der Waals surface area contributed by atoms with Crippen LogP contribution in [0.2, 0.25) is 0 Å². The molecule has 108 valence electrons. The molecule has 1 aromatic carbocycles. The largest absolute Gasteiger partial charge is 0.491 e. The van der Waals surface area contributed by atoms with Crippen LogP contribution in [0.1, 0.15) is 25.8 Å². The molecule has 0 aliphatic carbocycles. The van der Waals surface area contributed by atoms with E-state index in [0.29, 0.717) is 13.2 Å². The minimum atomic E-state index is -0.168. The van der Waals surface area contributed by atoms with Crippen LogP contribution < -0.4 is 10.5 Å². The van der Waals surface area contributed by atoms with Crippen molar-refractivity contribution in [1.82, 2.24) is 0 Å². The SMILES string of the molecule is COC(C)(C)CCOc1c(Br)cc(CCN)cc1Br. The molecule has 0 heterocycles. The smallest absolute Gasteiger partial charge is 0.147 e. The molecule has 2 N–H and O–H groups in total. The average Bonchev–Trinajstić information content (AvgIpc) is 2.33. The first kappa shape index (κ1) is 17.0. The van der Waals surface area contributed by atoms with E-state index >= 15 is 0 Å². The third-order valence-corrected chi connectivity index (χ3v) is 4.17. The van der Waals surface area contributed by atoms with Gasteiger partial charge in [-0.25, -0.2) is 0 Å². The maximum Gasteiger partial charge on any atom is 0.147 e. The summed E-state index contributed by atoms with van der Waals surface area (Å²) in [6, 6.07) is 4.10. The van der Waals surface area contributed by atoms with Crippen LogP contribution in [0.3, 0.4) is 0 Å². The fourth-order valence-corrected chi connectivity index (χ4v) is 3.07. The maximum absolute atomic E-state index is 5.83. The molecule has 19 heavy (non-hydrogen) atoms. The van der Waals surface area contributed by atoms with Gasteiger partial charge in [-0.3, -0.25) is 0 Å². The second-order valence-electron chi connectivity index (χ2n) is 4.99. The fraction of sp³-hybridized carbons (Fsp3) is 0.571. The lowest BCUT2D eigenvalue weighted by molar-refractivity contribution is 0.00533. The molecule has 1 aromatic rings. The molecule has 0 saturated carbocycles. The molecular weight excluding hydrogens is 374 g/mol. The summed E-state index contributed by atoms with van der Waals surface area (Å²) in [5, 5.41) is 0. The van der Waals surface area contributed by atoms with E-state index in [4.69, 9.17) is 15.2 Å². The number of ether oxygens (including phenoxy) is 2. The van der Waals surface area contributed by atoms with Gasteiger partial charge >= 0.3 is 0 Å². The lowest BCUT2D eigenvalue weighted by atomic mass is 10.1. The molecule has 0 radical (unpaired) electrons. The van der Waals surface area contributed by atoms with Gasteiger partial charge in [-0.05, 0) is 76.4 Å².